The lowest BCUT2D eigenvalue weighted by atomic mass is 9.75. The van der Waals surface area contributed by atoms with Crippen molar-refractivity contribution in [3.8, 4) is 0 Å². The number of hydrogen-bond donors (Lipinski definition) is 1. The highest BCUT2D eigenvalue weighted by molar-refractivity contribution is 5.00. The van der Waals surface area contributed by atoms with Crippen LogP contribution in [0.5, 0.6) is 0 Å². The number of hydrogen-bond acceptors (Lipinski definition) is 2. The van der Waals surface area contributed by atoms with Gasteiger partial charge in [-0.15, -0.1) is 0 Å². The first-order valence-corrected chi connectivity index (χ1v) is 8.19. The Morgan fingerprint density at radius 2 is 1.72 bits per heavy atom. The van der Waals surface area contributed by atoms with Crippen molar-refractivity contribution in [2.75, 3.05) is 13.2 Å². The van der Waals surface area contributed by atoms with Gasteiger partial charge in [-0.3, -0.25) is 0 Å². The molecule has 2 heteroatoms. The molecule has 1 N–H and O–H groups in total. The number of nitrogens with one attached hydrogen (secondary N) is 1. The highest BCUT2D eigenvalue weighted by Gasteiger charge is 2.45. The van der Waals surface area contributed by atoms with Crippen LogP contribution in [0, 0.1) is 5.92 Å². The maximum atomic E-state index is 6.30. The average molecular weight is 253 g/mol. The van der Waals surface area contributed by atoms with Gasteiger partial charge in [0.15, 0.2) is 0 Å². The van der Waals surface area contributed by atoms with Gasteiger partial charge in [-0.25, -0.2) is 0 Å². The molecule has 106 valence electrons. The third-order valence-corrected chi connectivity index (χ3v) is 4.99. The summed E-state index contributed by atoms with van der Waals surface area (Å²) in [6.07, 6.45) is 12.4. The fraction of sp³-hybridized carbons (Fsp3) is 1.00. The molecule has 1 atom stereocenters. The highest BCUT2D eigenvalue weighted by atomic mass is 16.5. The van der Waals surface area contributed by atoms with Crippen molar-refractivity contribution in [3.63, 3.8) is 0 Å². The Kier molecular flexibility index (Phi) is 5.50. The van der Waals surface area contributed by atoms with E-state index in [1.54, 1.807) is 0 Å². The van der Waals surface area contributed by atoms with Crippen LogP contribution in [0.4, 0.5) is 0 Å². The van der Waals surface area contributed by atoms with Gasteiger partial charge >= 0.3 is 0 Å². The third kappa shape index (κ3) is 3.08. The highest BCUT2D eigenvalue weighted by Crippen LogP contribution is 2.42. The van der Waals surface area contributed by atoms with Crippen molar-refractivity contribution >= 4 is 0 Å². The summed E-state index contributed by atoms with van der Waals surface area (Å²) in [4.78, 5) is 0. The van der Waals surface area contributed by atoms with Gasteiger partial charge in [0.25, 0.3) is 0 Å². The van der Waals surface area contributed by atoms with Gasteiger partial charge in [0.1, 0.15) is 0 Å². The van der Waals surface area contributed by atoms with Crippen LogP contribution < -0.4 is 5.32 Å². The summed E-state index contributed by atoms with van der Waals surface area (Å²) >= 11 is 0. The second-order valence-corrected chi connectivity index (χ2v) is 6.14. The van der Waals surface area contributed by atoms with E-state index in [2.05, 4.69) is 19.2 Å². The molecule has 0 aromatic heterocycles. The Labute approximate surface area is 113 Å². The van der Waals surface area contributed by atoms with E-state index < -0.39 is 0 Å². The lowest BCUT2D eigenvalue weighted by molar-refractivity contribution is -0.0785. The van der Waals surface area contributed by atoms with Crippen molar-refractivity contribution in [3.05, 3.63) is 0 Å². The number of rotatable bonds is 6. The molecule has 0 heterocycles. The van der Waals surface area contributed by atoms with Crippen LogP contribution in [0.15, 0.2) is 0 Å². The van der Waals surface area contributed by atoms with Gasteiger partial charge in [-0.2, -0.15) is 0 Å². The van der Waals surface area contributed by atoms with Crippen molar-refractivity contribution in [2.45, 2.75) is 83.3 Å². The lowest BCUT2D eigenvalue weighted by Gasteiger charge is -2.43. The number of ether oxygens (including phenoxy) is 1. The summed E-state index contributed by atoms with van der Waals surface area (Å²) in [6.45, 7) is 6.35. The first-order valence-electron chi connectivity index (χ1n) is 8.19. The molecule has 2 aliphatic rings. The molecule has 2 fully saturated rings. The second kappa shape index (κ2) is 6.91. The first kappa shape index (κ1) is 14.3. The molecule has 2 rings (SSSR count). The zero-order valence-corrected chi connectivity index (χ0v) is 12.3. The predicted molar refractivity (Wildman–Crippen MR) is 76.9 cm³/mol. The minimum absolute atomic E-state index is 0.159. The van der Waals surface area contributed by atoms with Gasteiger partial charge in [0.05, 0.1) is 5.60 Å². The van der Waals surface area contributed by atoms with Crippen molar-refractivity contribution in [2.24, 2.45) is 5.92 Å². The number of likely N-dealkylation sites (N-methyl/N-ethyl adjacent to an activating group) is 1. The van der Waals surface area contributed by atoms with E-state index in [1.807, 2.05) is 0 Å². The smallest absolute Gasteiger partial charge is 0.0837 e. The second-order valence-electron chi connectivity index (χ2n) is 6.14. The van der Waals surface area contributed by atoms with E-state index in [0.29, 0.717) is 6.04 Å². The third-order valence-electron chi connectivity index (χ3n) is 4.99. The van der Waals surface area contributed by atoms with Gasteiger partial charge < -0.3 is 10.1 Å². The molecule has 2 nitrogen and oxygen atoms in total. The molecular weight excluding hydrogens is 222 g/mol. The molecular formula is C16H31NO. The quantitative estimate of drug-likeness (QED) is 0.775. The van der Waals surface area contributed by atoms with Crippen molar-refractivity contribution < 1.29 is 4.74 Å². The Morgan fingerprint density at radius 3 is 2.28 bits per heavy atom. The first-order chi connectivity index (χ1) is 8.82. The Hall–Kier alpha value is -0.0800. The molecule has 18 heavy (non-hydrogen) atoms. The van der Waals surface area contributed by atoms with Gasteiger partial charge in [-0.05, 0) is 45.1 Å². The SMILES string of the molecule is CCNC(C1CCCCC1)C1(OCC)CCCC1. The molecule has 0 amide bonds. The minimum Gasteiger partial charge on any atom is -0.374 e. The molecule has 0 aromatic carbocycles. The molecule has 0 saturated heterocycles. The minimum atomic E-state index is 0.159. The zero-order valence-electron chi connectivity index (χ0n) is 12.3. The summed E-state index contributed by atoms with van der Waals surface area (Å²) in [5.41, 5.74) is 0.159. The van der Waals surface area contributed by atoms with Crippen LogP contribution in [0.1, 0.15) is 71.6 Å². The molecule has 0 aromatic rings. The van der Waals surface area contributed by atoms with E-state index in [1.165, 1.54) is 57.8 Å². The largest absolute Gasteiger partial charge is 0.374 e. The monoisotopic (exact) mass is 253 g/mol. The Balaban J connectivity index is 2.09. The van der Waals surface area contributed by atoms with Crippen molar-refractivity contribution in [1.82, 2.24) is 5.32 Å². The van der Waals surface area contributed by atoms with E-state index in [-0.39, 0.29) is 5.60 Å². The van der Waals surface area contributed by atoms with Crippen LogP contribution in [-0.4, -0.2) is 24.8 Å². The summed E-state index contributed by atoms with van der Waals surface area (Å²) in [7, 11) is 0. The fourth-order valence-electron chi connectivity index (χ4n) is 4.28. The topological polar surface area (TPSA) is 21.3 Å². The van der Waals surface area contributed by atoms with Crippen LogP contribution in [0.3, 0.4) is 0 Å². The van der Waals surface area contributed by atoms with Gasteiger partial charge in [0.2, 0.25) is 0 Å². The van der Waals surface area contributed by atoms with E-state index in [9.17, 15) is 0 Å². The normalized spacial score (nSPS) is 26.3. The molecule has 0 aliphatic heterocycles. The van der Waals surface area contributed by atoms with Gasteiger partial charge in [-0.1, -0.05) is 39.0 Å². The summed E-state index contributed by atoms with van der Waals surface area (Å²) in [6, 6.07) is 0.602. The van der Waals surface area contributed by atoms with Gasteiger partial charge in [0, 0.05) is 12.6 Å². The average Bonchev–Trinajstić information content (AvgIpc) is 2.87. The molecule has 0 spiro atoms. The summed E-state index contributed by atoms with van der Waals surface area (Å²) in [5, 5.41) is 3.79. The predicted octanol–water partition coefficient (Wildman–Crippen LogP) is 3.89. The van der Waals surface area contributed by atoms with Crippen LogP contribution in [0.25, 0.3) is 0 Å². The van der Waals surface area contributed by atoms with Crippen LogP contribution in [0.2, 0.25) is 0 Å². The maximum absolute atomic E-state index is 6.30. The van der Waals surface area contributed by atoms with E-state index in [0.717, 1.165) is 19.1 Å². The van der Waals surface area contributed by atoms with Crippen molar-refractivity contribution in [1.29, 1.82) is 0 Å². The molecule has 2 saturated carbocycles. The van der Waals surface area contributed by atoms with E-state index in [4.69, 9.17) is 4.74 Å². The maximum Gasteiger partial charge on any atom is 0.0837 e. The lowest BCUT2D eigenvalue weighted by Crippen LogP contribution is -2.55. The molecule has 0 bridgehead atoms. The Bertz CT molecular complexity index is 229. The van der Waals surface area contributed by atoms with E-state index >= 15 is 0 Å². The van der Waals surface area contributed by atoms with Crippen LogP contribution in [-0.2, 0) is 4.74 Å². The standard InChI is InChI=1S/C16H31NO/c1-3-17-15(14-10-6-5-7-11-14)16(18-4-2)12-8-9-13-16/h14-15,17H,3-13H2,1-2H3. The zero-order chi connectivity index (χ0) is 12.8. The summed E-state index contributed by atoms with van der Waals surface area (Å²) < 4.78 is 6.30. The molecule has 0 radical (unpaired) electrons. The fourth-order valence-corrected chi connectivity index (χ4v) is 4.28. The van der Waals surface area contributed by atoms with Crippen LogP contribution >= 0.6 is 0 Å². The molecule has 1 unspecified atom stereocenters. The summed E-state index contributed by atoms with van der Waals surface area (Å²) in [5.74, 6) is 0.850. The Morgan fingerprint density at radius 1 is 1.06 bits per heavy atom. The molecule has 2 aliphatic carbocycles.